The van der Waals surface area contributed by atoms with Crippen molar-refractivity contribution in [2.45, 2.75) is 18.8 Å². The zero-order valence-corrected chi connectivity index (χ0v) is 8.21. The summed E-state index contributed by atoms with van der Waals surface area (Å²) in [6.45, 7) is 0. The summed E-state index contributed by atoms with van der Waals surface area (Å²) in [5.74, 6) is 1.10. The Morgan fingerprint density at radius 1 is 1.60 bits per heavy atom. The maximum Gasteiger partial charge on any atom is 0.356 e. The Bertz CT molecular complexity index is 550. The second-order valence-corrected chi connectivity index (χ2v) is 3.87. The van der Waals surface area contributed by atoms with Crippen LogP contribution in [0, 0.1) is 0 Å². The number of hydrogen-bond acceptors (Lipinski definition) is 3. The van der Waals surface area contributed by atoms with Gasteiger partial charge in [0.1, 0.15) is 5.82 Å². The Hall–Kier alpha value is -1.85. The molecule has 1 fully saturated rings. The van der Waals surface area contributed by atoms with E-state index in [-0.39, 0.29) is 5.69 Å². The summed E-state index contributed by atoms with van der Waals surface area (Å²) in [6, 6.07) is 0. The molecule has 0 bridgehead atoms. The SMILES string of the molecule is Cn1c(C2CC2)nn2cc(C(=O)O)nc12. The molecule has 1 aliphatic rings. The Morgan fingerprint density at radius 3 is 2.87 bits per heavy atom. The minimum atomic E-state index is -1.02. The smallest absolute Gasteiger partial charge is 0.356 e. The summed E-state index contributed by atoms with van der Waals surface area (Å²) in [7, 11) is 1.87. The minimum Gasteiger partial charge on any atom is -0.476 e. The highest BCUT2D eigenvalue weighted by Crippen LogP contribution is 2.39. The number of aromatic carboxylic acids is 1. The highest BCUT2D eigenvalue weighted by Gasteiger charge is 2.29. The molecule has 0 atom stereocenters. The lowest BCUT2D eigenvalue weighted by molar-refractivity contribution is 0.0691. The van der Waals surface area contributed by atoms with Gasteiger partial charge in [-0.15, -0.1) is 0 Å². The van der Waals surface area contributed by atoms with Gasteiger partial charge in [-0.2, -0.15) is 5.10 Å². The maximum atomic E-state index is 10.7. The van der Waals surface area contributed by atoms with Crippen molar-refractivity contribution in [3.63, 3.8) is 0 Å². The molecule has 0 amide bonds. The molecule has 6 nitrogen and oxygen atoms in total. The number of rotatable bonds is 2. The van der Waals surface area contributed by atoms with Gasteiger partial charge in [-0.05, 0) is 12.8 Å². The first kappa shape index (κ1) is 8.46. The molecule has 0 unspecified atom stereocenters. The summed E-state index contributed by atoms with van der Waals surface area (Å²) in [5.41, 5.74) is 0.0375. The fourth-order valence-electron chi connectivity index (χ4n) is 1.74. The number of aromatic nitrogens is 4. The molecule has 0 spiro atoms. The van der Waals surface area contributed by atoms with Crippen LogP contribution in [-0.4, -0.2) is 30.2 Å². The highest BCUT2D eigenvalue weighted by molar-refractivity contribution is 5.85. The molecule has 2 aromatic rings. The van der Waals surface area contributed by atoms with Crippen molar-refractivity contribution in [1.29, 1.82) is 0 Å². The zero-order chi connectivity index (χ0) is 10.6. The standard InChI is InChI=1S/C9H10N4O2/c1-12-7(5-2-3-5)11-13-4-6(8(14)15)10-9(12)13/h4-5H,2-3H2,1H3,(H,14,15). The highest BCUT2D eigenvalue weighted by atomic mass is 16.4. The molecule has 0 saturated heterocycles. The molecule has 6 heteroatoms. The normalized spacial score (nSPS) is 16.1. The average Bonchev–Trinajstić information content (AvgIpc) is 2.85. The molecule has 78 valence electrons. The minimum absolute atomic E-state index is 0.0375. The van der Waals surface area contributed by atoms with Crippen LogP contribution in [0.15, 0.2) is 6.20 Å². The first-order chi connectivity index (χ1) is 7.16. The number of hydrogen-bond donors (Lipinski definition) is 1. The van der Waals surface area contributed by atoms with Gasteiger partial charge in [0.05, 0.1) is 6.20 Å². The Balaban J connectivity index is 2.18. The summed E-state index contributed by atoms with van der Waals surface area (Å²) >= 11 is 0. The van der Waals surface area contributed by atoms with E-state index in [0.717, 1.165) is 5.82 Å². The van der Waals surface area contributed by atoms with Gasteiger partial charge in [0.25, 0.3) is 0 Å². The van der Waals surface area contributed by atoms with Gasteiger partial charge in [-0.3, -0.25) is 4.57 Å². The lowest BCUT2D eigenvalue weighted by Gasteiger charge is -1.95. The number of imidazole rings is 1. The average molecular weight is 206 g/mol. The lowest BCUT2D eigenvalue weighted by atomic mass is 10.4. The van der Waals surface area contributed by atoms with Crippen molar-refractivity contribution in [3.05, 3.63) is 17.7 Å². The van der Waals surface area contributed by atoms with Gasteiger partial charge in [0.15, 0.2) is 5.69 Å². The van der Waals surface area contributed by atoms with E-state index in [0.29, 0.717) is 11.7 Å². The Morgan fingerprint density at radius 2 is 2.33 bits per heavy atom. The van der Waals surface area contributed by atoms with Crippen LogP contribution in [0.25, 0.3) is 5.78 Å². The van der Waals surface area contributed by atoms with Gasteiger partial charge in [0.2, 0.25) is 5.78 Å². The molecular formula is C9H10N4O2. The molecule has 2 aromatic heterocycles. The molecule has 1 saturated carbocycles. The topological polar surface area (TPSA) is 72.4 Å². The molecule has 3 rings (SSSR count). The third-order valence-electron chi connectivity index (χ3n) is 2.69. The first-order valence-corrected chi connectivity index (χ1v) is 4.82. The van der Waals surface area contributed by atoms with Crippen LogP contribution in [0.1, 0.15) is 35.1 Å². The van der Waals surface area contributed by atoms with Gasteiger partial charge < -0.3 is 5.11 Å². The van der Waals surface area contributed by atoms with Crippen molar-refractivity contribution in [2.75, 3.05) is 0 Å². The molecule has 0 aliphatic heterocycles. The van der Waals surface area contributed by atoms with E-state index < -0.39 is 5.97 Å². The molecular weight excluding hydrogens is 196 g/mol. The van der Waals surface area contributed by atoms with Crippen molar-refractivity contribution in [1.82, 2.24) is 19.2 Å². The van der Waals surface area contributed by atoms with Crippen LogP contribution in [0.4, 0.5) is 0 Å². The van der Waals surface area contributed by atoms with E-state index in [2.05, 4.69) is 10.1 Å². The Labute approximate surface area is 85.2 Å². The van der Waals surface area contributed by atoms with E-state index in [9.17, 15) is 4.79 Å². The van der Waals surface area contributed by atoms with E-state index in [1.54, 1.807) is 0 Å². The summed E-state index contributed by atoms with van der Waals surface area (Å²) in [6.07, 6.45) is 3.78. The van der Waals surface area contributed by atoms with Crippen LogP contribution < -0.4 is 0 Å². The quantitative estimate of drug-likeness (QED) is 0.782. The van der Waals surface area contributed by atoms with Gasteiger partial charge in [0, 0.05) is 13.0 Å². The third kappa shape index (κ3) is 1.14. The summed E-state index contributed by atoms with van der Waals surface area (Å²) in [4.78, 5) is 14.7. The van der Waals surface area contributed by atoms with E-state index >= 15 is 0 Å². The summed E-state index contributed by atoms with van der Waals surface area (Å²) < 4.78 is 3.40. The zero-order valence-electron chi connectivity index (χ0n) is 8.21. The second-order valence-electron chi connectivity index (χ2n) is 3.87. The van der Waals surface area contributed by atoms with Gasteiger partial charge >= 0.3 is 5.97 Å². The number of carboxylic acids is 1. The largest absolute Gasteiger partial charge is 0.476 e. The molecule has 1 aliphatic carbocycles. The Kier molecular flexibility index (Phi) is 1.46. The van der Waals surface area contributed by atoms with E-state index in [4.69, 9.17) is 5.11 Å². The van der Waals surface area contributed by atoms with Crippen LogP contribution >= 0.6 is 0 Å². The van der Waals surface area contributed by atoms with E-state index in [1.807, 2.05) is 11.6 Å². The monoisotopic (exact) mass is 206 g/mol. The van der Waals surface area contributed by atoms with E-state index in [1.165, 1.54) is 23.6 Å². The lowest BCUT2D eigenvalue weighted by Crippen LogP contribution is -1.99. The maximum absolute atomic E-state index is 10.7. The molecule has 15 heavy (non-hydrogen) atoms. The number of aryl methyl sites for hydroxylation is 1. The fourth-order valence-corrected chi connectivity index (χ4v) is 1.74. The predicted molar refractivity (Wildman–Crippen MR) is 50.9 cm³/mol. The van der Waals surface area contributed by atoms with Crippen LogP contribution in [0.3, 0.4) is 0 Å². The number of carbonyl (C=O) groups is 1. The molecule has 1 N–H and O–H groups in total. The predicted octanol–water partition coefficient (Wildman–Crippen LogP) is 0.643. The molecule has 2 heterocycles. The summed E-state index contributed by atoms with van der Waals surface area (Å²) in [5, 5.41) is 13.1. The first-order valence-electron chi connectivity index (χ1n) is 4.82. The fraction of sp³-hybridized carbons (Fsp3) is 0.444. The van der Waals surface area contributed by atoms with Crippen molar-refractivity contribution in [2.24, 2.45) is 7.05 Å². The molecule has 0 aromatic carbocycles. The molecule has 0 radical (unpaired) electrons. The number of nitrogens with zero attached hydrogens (tertiary/aromatic N) is 4. The number of fused-ring (bicyclic) bond motifs is 1. The third-order valence-corrected chi connectivity index (χ3v) is 2.69. The van der Waals surface area contributed by atoms with Crippen LogP contribution in [0.5, 0.6) is 0 Å². The van der Waals surface area contributed by atoms with Gasteiger partial charge in [-0.1, -0.05) is 0 Å². The van der Waals surface area contributed by atoms with Crippen LogP contribution in [-0.2, 0) is 7.05 Å². The van der Waals surface area contributed by atoms with Crippen molar-refractivity contribution in [3.8, 4) is 0 Å². The van der Waals surface area contributed by atoms with Crippen LogP contribution in [0.2, 0.25) is 0 Å². The number of carboxylic acid groups (broad SMARTS) is 1. The van der Waals surface area contributed by atoms with Crippen molar-refractivity contribution >= 4 is 11.7 Å². The second kappa shape index (κ2) is 2.59. The van der Waals surface area contributed by atoms with Gasteiger partial charge in [-0.25, -0.2) is 14.3 Å². The van der Waals surface area contributed by atoms with Crippen molar-refractivity contribution < 1.29 is 9.90 Å².